The van der Waals surface area contributed by atoms with E-state index >= 15 is 0 Å². The number of alkyl halides is 1. The number of hydrogen-bond acceptors (Lipinski definition) is 1. The molecule has 0 saturated carbocycles. The van der Waals surface area contributed by atoms with Crippen molar-refractivity contribution in [3.63, 3.8) is 0 Å². The zero-order valence-corrected chi connectivity index (χ0v) is 8.86. The fraction of sp³-hybridized carbons (Fsp3) is 1.00. The van der Waals surface area contributed by atoms with Crippen molar-refractivity contribution in [2.45, 2.75) is 20.8 Å². The van der Waals surface area contributed by atoms with Gasteiger partial charge in [0.15, 0.2) is 0 Å². The molecular formula is C8H21ClNO+. The largest absolute Gasteiger partial charge is 0.381 e. The van der Waals surface area contributed by atoms with Gasteiger partial charge in [0.1, 0.15) is 6.07 Å². The average Bonchev–Trinajstić information content (AvgIpc) is 2.05. The van der Waals surface area contributed by atoms with E-state index in [0.29, 0.717) is 0 Å². The fourth-order valence-corrected chi connectivity index (χ4v) is 0.671. The molecule has 0 amide bonds. The molecule has 0 aliphatic carbocycles. The van der Waals surface area contributed by atoms with Gasteiger partial charge in [-0.05, 0) is 20.8 Å². The van der Waals surface area contributed by atoms with Crippen LogP contribution in [0.3, 0.4) is 0 Å². The van der Waals surface area contributed by atoms with Gasteiger partial charge in [-0.2, -0.15) is 0 Å². The fourth-order valence-electron chi connectivity index (χ4n) is 0.671. The van der Waals surface area contributed by atoms with E-state index in [4.69, 9.17) is 5.11 Å². The second kappa shape index (κ2) is 8.31. The van der Waals surface area contributed by atoms with Gasteiger partial charge < -0.3 is 9.59 Å². The second-order valence-corrected chi connectivity index (χ2v) is 2.93. The summed E-state index contributed by atoms with van der Waals surface area (Å²) in [5, 5.41) is 7.33. The summed E-state index contributed by atoms with van der Waals surface area (Å²) in [6.45, 7) is 10.5. The molecule has 70 valence electrons. The Hall–Kier alpha value is 0.210. The summed E-state index contributed by atoms with van der Waals surface area (Å²) in [5.74, 6) is 0. The topological polar surface area (TPSA) is 20.2 Å². The third kappa shape index (κ3) is 8.11. The number of hydrogen-bond donors (Lipinski definition) is 1. The highest BCUT2D eigenvalue weighted by molar-refractivity contribution is 6.16. The number of aliphatic hydroxyl groups excluding tert-OH is 1. The Bertz CT molecular complexity index is 66.2. The van der Waals surface area contributed by atoms with Crippen LogP contribution in [0.1, 0.15) is 20.8 Å². The highest BCUT2D eigenvalue weighted by Gasteiger charge is 2.10. The second-order valence-electron chi connectivity index (χ2n) is 2.69. The van der Waals surface area contributed by atoms with Gasteiger partial charge in [-0.3, -0.25) is 0 Å². The predicted molar refractivity (Wildman–Crippen MR) is 50.7 cm³/mol. The van der Waals surface area contributed by atoms with E-state index in [9.17, 15) is 0 Å². The molecule has 0 rings (SSSR count). The average molecular weight is 183 g/mol. The van der Waals surface area contributed by atoms with E-state index in [1.54, 1.807) is 0 Å². The van der Waals surface area contributed by atoms with Crippen LogP contribution < -0.4 is 0 Å². The molecule has 0 spiro atoms. The zero-order valence-electron chi connectivity index (χ0n) is 8.10. The maximum absolute atomic E-state index is 7.33. The van der Waals surface area contributed by atoms with Gasteiger partial charge in [0.2, 0.25) is 0 Å². The van der Waals surface area contributed by atoms with E-state index in [0.717, 1.165) is 0 Å². The summed E-state index contributed by atoms with van der Waals surface area (Å²) in [4.78, 5) is 0. The summed E-state index contributed by atoms with van der Waals surface area (Å²) in [7, 11) is 2.29. The highest BCUT2D eigenvalue weighted by Crippen LogP contribution is 1.97. The van der Waals surface area contributed by atoms with Gasteiger partial charge in [0, 0.05) is 0 Å². The number of aliphatic hydroxyl groups is 1. The van der Waals surface area contributed by atoms with Gasteiger partial charge in [-0.1, -0.05) is 11.6 Å². The molecule has 0 aliphatic rings. The van der Waals surface area contributed by atoms with Crippen molar-refractivity contribution >= 4 is 11.6 Å². The van der Waals surface area contributed by atoms with Gasteiger partial charge in [-0.25, -0.2) is 0 Å². The molecule has 0 fully saturated rings. The first-order valence-corrected chi connectivity index (χ1v) is 4.64. The Morgan fingerprint density at radius 1 is 1.09 bits per heavy atom. The van der Waals surface area contributed by atoms with Gasteiger partial charge in [0.25, 0.3) is 0 Å². The summed E-state index contributed by atoms with van der Waals surface area (Å²) < 4.78 is 1.21. The van der Waals surface area contributed by atoms with Crippen LogP contribution in [-0.2, 0) is 0 Å². The first-order valence-electron chi connectivity index (χ1n) is 4.10. The van der Waals surface area contributed by atoms with Crippen molar-refractivity contribution in [3.05, 3.63) is 0 Å². The van der Waals surface area contributed by atoms with Crippen LogP contribution >= 0.6 is 11.6 Å². The van der Waals surface area contributed by atoms with Crippen LogP contribution in [0.15, 0.2) is 0 Å². The van der Waals surface area contributed by atoms with Crippen molar-refractivity contribution in [1.82, 2.24) is 0 Å². The van der Waals surface area contributed by atoms with Crippen molar-refractivity contribution in [2.24, 2.45) is 0 Å². The zero-order chi connectivity index (χ0) is 9.33. The normalized spacial score (nSPS) is 10.4. The lowest BCUT2D eigenvalue weighted by atomic mass is 10.4. The lowest BCUT2D eigenvalue weighted by molar-refractivity contribution is -0.904. The molecule has 11 heavy (non-hydrogen) atoms. The Morgan fingerprint density at radius 3 is 1.27 bits per heavy atom. The molecule has 0 saturated heterocycles. The van der Waals surface area contributed by atoms with Crippen molar-refractivity contribution in [2.75, 3.05) is 32.7 Å². The third-order valence-electron chi connectivity index (χ3n) is 2.29. The number of rotatable bonds is 3. The first-order chi connectivity index (χ1) is 5.10. The summed E-state index contributed by atoms with van der Waals surface area (Å²) in [6, 6.07) is -0.278. The van der Waals surface area contributed by atoms with Crippen LogP contribution in [0.25, 0.3) is 0 Å². The quantitative estimate of drug-likeness (QED) is 0.520. The SMILES string of the molecule is CC[N+](C)(CC)CC.OCCl. The van der Waals surface area contributed by atoms with Crippen molar-refractivity contribution in [1.29, 1.82) is 0 Å². The summed E-state index contributed by atoms with van der Waals surface area (Å²) in [5.41, 5.74) is 0. The van der Waals surface area contributed by atoms with E-state index in [-0.39, 0.29) is 6.07 Å². The number of halogens is 1. The Morgan fingerprint density at radius 2 is 1.27 bits per heavy atom. The van der Waals surface area contributed by atoms with E-state index in [1.165, 1.54) is 24.1 Å². The van der Waals surface area contributed by atoms with Gasteiger partial charge >= 0.3 is 0 Å². The lowest BCUT2D eigenvalue weighted by Crippen LogP contribution is -2.42. The maximum Gasteiger partial charge on any atom is 0.117 e. The molecule has 0 heterocycles. The van der Waals surface area contributed by atoms with E-state index < -0.39 is 0 Å². The van der Waals surface area contributed by atoms with E-state index in [2.05, 4.69) is 39.4 Å². The number of quaternary nitrogens is 1. The van der Waals surface area contributed by atoms with Crippen LogP contribution in [-0.4, -0.2) is 42.3 Å². The molecule has 1 N–H and O–H groups in total. The molecule has 0 aliphatic heterocycles. The Balaban J connectivity index is 0. The van der Waals surface area contributed by atoms with Crippen molar-refractivity contribution < 1.29 is 9.59 Å². The maximum atomic E-state index is 7.33. The molecule has 0 atom stereocenters. The molecule has 2 nitrogen and oxygen atoms in total. The highest BCUT2D eigenvalue weighted by atomic mass is 35.5. The minimum Gasteiger partial charge on any atom is -0.381 e. The third-order valence-corrected chi connectivity index (χ3v) is 2.29. The summed E-state index contributed by atoms with van der Waals surface area (Å²) >= 11 is 4.55. The van der Waals surface area contributed by atoms with Gasteiger partial charge in [0.05, 0.1) is 26.7 Å². The minimum absolute atomic E-state index is 0.278. The Kier molecular flexibility index (Phi) is 10.4. The minimum atomic E-state index is -0.278. The predicted octanol–water partition coefficient (Wildman–Crippen LogP) is 1.67. The molecule has 0 radical (unpaired) electrons. The number of nitrogens with zero attached hydrogens (tertiary/aromatic N) is 1. The van der Waals surface area contributed by atoms with Gasteiger partial charge in [-0.15, -0.1) is 0 Å². The standard InChI is InChI=1S/C7H18N.CH3ClO/c1-5-8(4,6-2)7-3;2-1-3/h5-7H2,1-4H3;3H,1H2/q+1;. The molecule has 0 aromatic heterocycles. The molecule has 0 bridgehead atoms. The van der Waals surface area contributed by atoms with Crippen LogP contribution in [0.5, 0.6) is 0 Å². The molecular weight excluding hydrogens is 162 g/mol. The van der Waals surface area contributed by atoms with Crippen LogP contribution in [0, 0.1) is 0 Å². The smallest absolute Gasteiger partial charge is 0.117 e. The molecule has 0 aromatic rings. The van der Waals surface area contributed by atoms with Crippen LogP contribution in [0.2, 0.25) is 0 Å². The first kappa shape index (κ1) is 13.8. The monoisotopic (exact) mass is 182 g/mol. The molecule has 3 heteroatoms. The Labute approximate surface area is 75.4 Å². The summed E-state index contributed by atoms with van der Waals surface area (Å²) in [6.07, 6.45) is 0. The molecule has 0 aromatic carbocycles. The lowest BCUT2D eigenvalue weighted by Gasteiger charge is -2.30. The van der Waals surface area contributed by atoms with E-state index in [1.807, 2.05) is 0 Å². The molecule has 0 unspecified atom stereocenters. The van der Waals surface area contributed by atoms with Crippen LogP contribution in [0.4, 0.5) is 0 Å². The van der Waals surface area contributed by atoms with Crippen molar-refractivity contribution in [3.8, 4) is 0 Å².